The quantitative estimate of drug-likeness (QED) is 0.152. The van der Waals surface area contributed by atoms with Crippen LogP contribution in [0.4, 0.5) is 0 Å². The highest BCUT2D eigenvalue weighted by Gasteiger charge is 2.03. The van der Waals surface area contributed by atoms with E-state index in [1.54, 1.807) is 44.2 Å². The smallest absolute Gasteiger partial charge is 0.213 e. The van der Waals surface area contributed by atoms with Gasteiger partial charge in [-0.05, 0) is 43.6 Å². The van der Waals surface area contributed by atoms with Gasteiger partial charge in [0, 0.05) is 49.7 Å². The molecule has 15 heteroatoms. The van der Waals surface area contributed by atoms with E-state index in [0.29, 0.717) is 23.9 Å². The minimum atomic E-state index is 0.463. The van der Waals surface area contributed by atoms with E-state index in [1.165, 1.54) is 26.0 Å². The van der Waals surface area contributed by atoms with Gasteiger partial charge >= 0.3 is 0 Å². The number of nitrogens with two attached hydrogens (primary N) is 1. The van der Waals surface area contributed by atoms with Crippen molar-refractivity contribution in [2.24, 2.45) is 5.73 Å². The first kappa shape index (κ1) is 32.5. The second kappa shape index (κ2) is 17.6. The van der Waals surface area contributed by atoms with Crippen molar-refractivity contribution < 1.29 is 14.3 Å². The van der Waals surface area contributed by atoms with Crippen molar-refractivity contribution >= 4 is 28.6 Å². The van der Waals surface area contributed by atoms with Crippen LogP contribution in [0.5, 0.6) is 11.8 Å². The number of rotatable bonds is 12. The molecule has 0 spiro atoms. The molecule has 15 nitrogen and oxygen atoms in total. The maximum Gasteiger partial charge on any atom is 0.213 e. The first-order valence-corrected chi connectivity index (χ1v) is 14.2. The van der Waals surface area contributed by atoms with Crippen molar-refractivity contribution in [3.8, 4) is 11.8 Å². The lowest BCUT2D eigenvalue weighted by Gasteiger charge is -2.07. The number of carbonyl (C=O) groups is 1. The molecule has 3 N–H and O–H groups in total. The number of aromatic nitrogens is 10. The third kappa shape index (κ3) is 9.80. The standard InChI is InChI=1S/C15H18N6O.C8H11N5.C7H7NO2/c1-22-14-7-12(3-5-18-14)8-16-4-2-6-21-11-20-15-13(21)9-17-10-19-15;9-2-1-3-13-6-12-8-7(13)4-10-5-11-8;1-10-7-4-6(5-9)2-3-8-7/h3,5,7,9-11,16H,2,4,6,8H2,1H3;4-6H,1-3,9H2;2-5H,1H3. The molecule has 0 radical (unpaired) electrons. The number of aldehydes is 1. The van der Waals surface area contributed by atoms with Gasteiger partial charge in [0.25, 0.3) is 0 Å². The van der Waals surface area contributed by atoms with Gasteiger partial charge in [-0.25, -0.2) is 39.9 Å². The highest BCUT2D eigenvalue weighted by Crippen LogP contribution is 2.10. The van der Waals surface area contributed by atoms with Crippen molar-refractivity contribution in [3.63, 3.8) is 0 Å². The Labute approximate surface area is 260 Å². The van der Waals surface area contributed by atoms with Crippen LogP contribution in [0.25, 0.3) is 22.3 Å². The summed E-state index contributed by atoms with van der Waals surface area (Å²) < 4.78 is 14.0. The number of fused-ring (bicyclic) bond motifs is 2. The van der Waals surface area contributed by atoms with Gasteiger partial charge in [0.05, 0.1) is 39.3 Å². The summed E-state index contributed by atoms with van der Waals surface area (Å²) in [5, 5.41) is 3.42. The minimum absolute atomic E-state index is 0.463. The molecule has 0 unspecified atom stereocenters. The van der Waals surface area contributed by atoms with Crippen LogP contribution < -0.4 is 20.5 Å². The van der Waals surface area contributed by atoms with Gasteiger partial charge in [-0.1, -0.05) is 0 Å². The van der Waals surface area contributed by atoms with Gasteiger partial charge in [0.2, 0.25) is 11.8 Å². The predicted octanol–water partition coefficient (Wildman–Crippen LogP) is 2.49. The van der Waals surface area contributed by atoms with Crippen LogP contribution >= 0.6 is 0 Å². The molecule has 45 heavy (non-hydrogen) atoms. The Morgan fingerprint density at radius 3 is 2.00 bits per heavy atom. The normalized spacial score (nSPS) is 10.5. The van der Waals surface area contributed by atoms with E-state index in [4.69, 9.17) is 15.2 Å². The molecule has 0 atom stereocenters. The lowest BCUT2D eigenvalue weighted by atomic mass is 10.2. The van der Waals surface area contributed by atoms with Crippen molar-refractivity contribution in [1.29, 1.82) is 0 Å². The molecule has 6 heterocycles. The fourth-order valence-corrected chi connectivity index (χ4v) is 4.12. The molecule has 0 bridgehead atoms. The summed E-state index contributed by atoms with van der Waals surface area (Å²) in [6.45, 7) is 4.16. The fraction of sp³-hybridized carbons (Fsp3) is 0.300. The molecule has 234 valence electrons. The molecule has 0 aliphatic rings. The van der Waals surface area contributed by atoms with E-state index >= 15 is 0 Å². The summed E-state index contributed by atoms with van der Waals surface area (Å²) in [7, 11) is 3.13. The average Bonchev–Trinajstić information content (AvgIpc) is 3.72. The molecule has 0 amide bonds. The lowest BCUT2D eigenvalue weighted by molar-refractivity contribution is 0.112. The Balaban J connectivity index is 0.000000170. The van der Waals surface area contributed by atoms with Gasteiger partial charge in [-0.2, -0.15) is 0 Å². The topological polar surface area (TPSA) is 187 Å². The van der Waals surface area contributed by atoms with Gasteiger partial charge in [-0.15, -0.1) is 0 Å². The van der Waals surface area contributed by atoms with Crippen molar-refractivity contribution in [3.05, 3.63) is 85.5 Å². The van der Waals surface area contributed by atoms with Gasteiger partial charge in [0.15, 0.2) is 11.3 Å². The Morgan fingerprint density at radius 2 is 1.40 bits per heavy atom. The van der Waals surface area contributed by atoms with Gasteiger partial charge in [0.1, 0.15) is 30.0 Å². The number of hydrogen-bond acceptors (Lipinski definition) is 13. The van der Waals surface area contributed by atoms with Crippen LogP contribution in [0, 0.1) is 0 Å². The average molecular weight is 613 g/mol. The first-order valence-electron chi connectivity index (χ1n) is 14.2. The summed E-state index contributed by atoms with van der Waals surface area (Å²) in [6, 6.07) is 7.12. The minimum Gasteiger partial charge on any atom is -0.481 e. The van der Waals surface area contributed by atoms with E-state index in [0.717, 1.165) is 73.2 Å². The molecule has 0 aliphatic heterocycles. The first-order chi connectivity index (χ1) is 22.1. The number of hydrogen-bond donors (Lipinski definition) is 2. The number of ether oxygens (including phenoxy) is 2. The van der Waals surface area contributed by atoms with E-state index in [1.807, 2.05) is 23.0 Å². The molecule has 6 aromatic heterocycles. The Bertz CT molecular complexity index is 1760. The number of nitrogens with one attached hydrogen (secondary N) is 1. The summed E-state index contributed by atoms with van der Waals surface area (Å²) in [5.74, 6) is 1.11. The Kier molecular flexibility index (Phi) is 12.7. The summed E-state index contributed by atoms with van der Waals surface area (Å²) in [5.41, 5.74) is 10.6. The van der Waals surface area contributed by atoms with Gasteiger partial charge < -0.3 is 29.7 Å². The summed E-state index contributed by atoms with van der Waals surface area (Å²) in [6.07, 6.45) is 16.2. The number of methoxy groups -OCH3 is 2. The number of nitrogens with zero attached hydrogens (tertiary/aromatic N) is 10. The molecule has 6 rings (SSSR count). The maximum atomic E-state index is 10.2. The number of carbonyl (C=O) groups excluding carboxylic acids is 1. The van der Waals surface area contributed by atoms with E-state index in [-0.39, 0.29) is 0 Å². The monoisotopic (exact) mass is 612 g/mol. The molecular formula is C30H36N12O3. The molecule has 0 fully saturated rings. The molecule has 0 aliphatic carbocycles. The van der Waals surface area contributed by atoms with Crippen LogP contribution in [-0.4, -0.2) is 82.6 Å². The molecule has 0 aromatic carbocycles. The molecule has 0 saturated heterocycles. The third-order valence-corrected chi connectivity index (χ3v) is 6.40. The SMILES string of the molecule is COc1cc(C=O)ccn1.COc1cc(CNCCCn2cnc3ncncc32)ccn1.NCCCn1cnc2ncncc21. The fourth-order valence-electron chi connectivity index (χ4n) is 4.12. The molecule has 6 aromatic rings. The highest BCUT2D eigenvalue weighted by molar-refractivity contribution is 5.74. The summed E-state index contributed by atoms with van der Waals surface area (Å²) in [4.78, 5) is 42.7. The molecule has 0 saturated carbocycles. The molecular weight excluding hydrogens is 576 g/mol. The number of pyridine rings is 2. The lowest BCUT2D eigenvalue weighted by Crippen LogP contribution is -2.16. The second-order valence-electron chi connectivity index (χ2n) is 9.47. The highest BCUT2D eigenvalue weighted by atomic mass is 16.5. The van der Waals surface area contributed by atoms with Crippen LogP contribution in [0.1, 0.15) is 28.8 Å². The number of imidazole rings is 2. The zero-order chi connectivity index (χ0) is 31.7. The summed E-state index contributed by atoms with van der Waals surface area (Å²) >= 11 is 0. The zero-order valence-electron chi connectivity index (χ0n) is 25.2. The third-order valence-electron chi connectivity index (χ3n) is 6.40. The van der Waals surface area contributed by atoms with Crippen molar-refractivity contribution in [2.45, 2.75) is 32.5 Å². The maximum absolute atomic E-state index is 10.2. The van der Waals surface area contributed by atoms with Crippen molar-refractivity contribution in [2.75, 3.05) is 27.3 Å². The van der Waals surface area contributed by atoms with Crippen LogP contribution in [0.15, 0.2) is 74.4 Å². The van der Waals surface area contributed by atoms with Crippen LogP contribution in [-0.2, 0) is 19.6 Å². The second-order valence-corrected chi connectivity index (χ2v) is 9.47. The Hall–Kier alpha value is -5.41. The largest absolute Gasteiger partial charge is 0.481 e. The Morgan fingerprint density at radius 1 is 0.800 bits per heavy atom. The van der Waals surface area contributed by atoms with Crippen molar-refractivity contribution in [1.82, 2.24) is 54.3 Å². The van der Waals surface area contributed by atoms with E-state index in [9.17, 15) is 4.79 Å². The number of aryl methyl sites for hydroxylation is 2. The van der Waals surface area contributed by atoms with E-state index in [2.05, 4.69) is 49.8 Å². The van der Waals surface area contributed by atoms with E-state index < -0.39 is 0 Å². The van der Waals surface area contributed by atoms with Gasteiger partial charge in [-0.3, -0.25) is 4.79 Å². The van der Waals surface area contributed by atoms with Crippen LogP contribution in [0.2, 0.25) is 0 Å². The van der Waals surface area contributed by atoms with Crippen LogP contribution in [0.3, 0.4) is 0 Å². The zero-order valence-corrected chi connectivity index (χ0v) is 25.2. The predicted molar refractivity (Wildman–Crippen MR) is 168 cm³/mol.